The molecule has 110 valence electrons. The van der Waals surface area contributed by atoms with Crippen LogP contribution in [0.2, 0.25) is 5.02 Å². The summed E-state index contributed by atoms with van der Waals surface area (Å²) in [5.74, 6) is 2.23. The molecule has 0 saturated carbocycles. The van der Waals surface area contributed by atoms with E-state index in [9.17, 15) is 0 Å². The third-order valence-corrected chi connectivity index (χ3v) is 4.50. The highest BCUT2D eigenvalue weighted by atomic mass is 35.5. The highest BCUT2D eigenvalue weighted by molar-refractivity contribution is 6.31. The predicted molar refractivity (Wildman–Crippen MR) is 81.3 cm³/mol. The van der Waals surface area contributed by atoms with Gasteiger partial charge in [0.1, 0.15) is 0 Å². The fourth-order valence-corrected chi connectivity index (χ4v) is 3.61. The van der Waals surface area contributed by atoms with E-state index in [-0.39, 0.29) is 0 Å². The Bertz CT molecular complexity index is 484. The van der Waals surface area contributed by atoms with E-state index in [1.165, 1.54) is 24.0 Å². The van der Waals surface area contributed by atoms with E-state index in [2.05, 4.69) is 12.2 Å². The van der Waals surface area contributed by atoms with Crippen LogP contribution < -0.4 is 14.8 Å². The van der Waals surface area contributed by atoms with E-state index in [4.69, 9.17) is 21.1 Å². The third kappa shape index (κ3) is 2.61. The molecule has 2 aliphatic rings. The molecule has 3 rings (SSSR count). The first kappa shape index (κ1) is 14.0. The molecule has 1 saturated heterocycles. The molecule has 3 nitrogen and oxygen atoms in total. The Morgan fingerprint density at radius 2 is 2.15 bits per heavy atom. The van der Waals surface area contributed by atoms with Crippen LogP contribution in [0.25, 0.3) is 0 Å². The van der Waals surface area contributed by atoms with Crippen LogP contribution in [-0.4, -0.2) is 26.3 Å². The zero-order valence-electron chi connectivity index (χ0n) is 12.0. The quantitative estimate of drug-likeness (QED) is 0.905. The molecule has 0 amide bonds. The SMILES string of the molecule is CCc1c2c(cc(Cl)c1C1CCCNC1)OCCCO2. The Balaban J connectivity index is 2.06. The largest absolute Gasteiger partial charge is 0.489 e. The fourth-order valence-electron chi connectivity index (χ4n) is 3.24. The summed E-state index contributed by atoms with van der Waals surface area (Å²) >= 11 is 6.57. The molecule has 4 heteroatoms. The number of rotatable bonds is 2. The number of nitrogens with one attached hydrogen (secondary N) is 1. The molecule has 1 atom stereocenters. The monoisotopic (exact) mass is 295 g/mol. The second-order valence-corrected chi connectivity index (χ2v) is 5.93. The lowest BCUT2D eigenvalue weighted by Crippen LogP contribution is -2.29. The summed E-state index contributed by atoms with van der Waals surface area (Å²) in [5, 5.41) is 4.31. The Labute approximate surface area is 125 Å². The van der Waals surface area contributed by atoms with Gasteiger partial charge in [-0.15, -0.1) is 0 Å². The molecule has 0 bridgehead atoms. The van der Waals surface area contributed by atoms with Gasteiger partial charge in [0, 0.05) is 29.6 Å². The number of halogens is 1. The molecule has 0 aromatic heterocycles. The van der Waals surface area contributed by atoms with E-state index in [1.807, 2.05) is 6.07 Å². The van der Waals surface area contributed by atoms with E-state index in [0.29, 0.717) is 12.5 Å². The summed E-state index contributed by atoms with van der Waals surface area (Å²) in [6, 6.07) is 1.95. The number of piperidine rings is 1. The molecule has 0 spiro atoms. The molecule has 20 heavy (non-hydrogen) atoms. The van der Waals surface area contributed by atoms with Crippen molar-refractivity contribution in [3.05, 3.63) is 22.2 Å². The van der Waals surface area contributed by atoms with Crippen molar-refractivity contribution in [1.82, 2.24) is 5.32 Å². The zero-order chi connectivity index (χ0) is 13.9. The van der Waals surface area contributed by atoms with Gasteiger partial charge in [-0.1, -0.05) is 18.5 Å². The van der Waals surface area contributed by atoms with E-state index >= 15 is 0 Å². The minimum absolute atomic E-state index is 0.489. The van der Waals surface area contributed by atoms with Crippen molar-refractivity contribution >= 4 is 11.6 Å². The molecular formula is C16H22ClNO2. The van der Waals surface area contributed by atoms with Gasteiger partial charge < -0.3 is 14.8 Å². The first-order valence-corrected chi connectivity index (χ1v) is 8.00. The van der Waals surface area contributed by atoms with Gasteiger partial charge in [0.2, 0.25) is 0 Å². The van der Waals surface area contributed by atoms with Crippen LogP contribution in [0, 0.1) is 0 Å². The smallest absolute Gasteiger partial charge is 0.164 e. The Morgan fingerprint density at radius 1 is 1.30 bits per heavy atom. The maximum atomic E-state index is 6.57. The molecule has 0 radical (unpaired) electrons. The van der Waals surface area contributed by atoms with Crippen LogP contribution >= 0.6 is 11.6 Å². The Morgan fingerprint density at radius 3 is 2.90 bits per heavy atom. The summed E-state index contributed by atoms with van der Waals surface area (Å²) in [4.78, 5) is 0. The van der Waals surface area contributed by atoms with Crippen molar-refractivity contribution in [2.45, 2.75) is 38.5 Å². The van der Waals surface area contributed by atoms with E-state index in [0.717, 1.165) is 49.1 Å². The highest BCUT2D eigenvalue weighted by Crippen LogP contribution is 2.44. The first-order valence-electron chi connectivity index (χ1n) is 7.62. The maximum absolute atomic E-state index is 6.57. The summed E-state index contributed by atoms with van der Waals surface area (Å²) in [5.41, 5.74) is 2.51. The molecule has 1 fully saturated rings. The summed E-state index contributed by atoms with van der Waals surface area (Å²) in [6.45, 7) is 5.72. The van der Waals surface area contributed by atoms with Gasteiger partial charge in [0.15, 0.2) is 11.5 Å². The minimum atomic E-state index is 0.489. The summed E-state index contributed by atoms with van der Waals surface area (Å²) in [6.07, 6.45) is 4.26. The van der Waals surface area contributed by atoms with E-state index in [1.54, 1.807) is 0 Å². The number of ether oxygens (including phenoxy) is 2. The van der Waals surface area contributed by atoms with E-state index < -0.39 is 0 Å². The van der Waals surface area contributed by atoms with Gasteiger partial charge in [-0.3, -0.25) is 0 Å². The number of hydrogen-bond acceptors (Lipinski definition) is 3. The fraction of sp³-hybridized carbons (Fsp3) is 0.625. The molecule has 1 unspecified atom stereocenters. The van der Waals surface area contributed by atoms with Crippen LogP contribution in [0.4, 0.5) is 0 Å². The molecule has 1 aromatic rings. The van der Waals surface area contributed by atoms with Crippen molar-refractivity contribution in [3.63, 3.8) is 0 Å². The van der Waals surface area contributed by atoms with Crippen molar-refractivity contribution in [2.75, 3.05) is 26.3 Å². The van der Waals surface area contributed by atoms with Gasteiger partial charge in [-0.25, -0.2) is 0 Å². The van der Waals surface area contributed by atoms with Gasteiger partial charge >= 0.3 is 0 Å². The topological polar surface area (TPSA) is 30.5 Å². The number of benzene rings is 1. The maximum Gasteiger partial charge on any atom is 0.164 e. The van der Waals surface area contributed by atoms with Crippen molar-refractivity contribution < 1.29 is 9.47 Å². The van der Waals surface area contributed by atoms with Crippen LogP contribution in [0.15, 0.2) is 6.07 Å². The predicted octanol–water partition coefficient (Wildman–Crippen LogP) is 3.53. The van der Waals surface area contributed by atoms with Gasteiger partial charge in [0.25, 0.3) is 0 Å². The second kappa shape index (κ2) is 6.23. The average molecular weight is 296 g/mol. The Kier molecular flexibility index (Phi) is 4.37. The molecule has 2 aliphatic heterocycles. The van der Waals surface area contributed by atoms with Crippen LogP contribution in [0.5, 0.6) is 11.5 Å². The standard InChI is InChI=1S/C16H22ClNO2/c1-2-12-15(11-5-3-6-18-10-11)13(17)9-14-16(12)20-8-4-7-19-14/h9,11,18H,2-8,10H2,1H3. The molecule has 1 aromatic carbocycles. The average Bonchev–Trinajstić information content (AvgIpc) is 2.71. The molecule has 0 aliphatic carbocycles. The molecule has 2 heterocycles. The van der Waals surface area contributed by atoms with Crippen LogP contribution in [0.3, 0.4) is 0 Å². The van der Waals surface area contributed by atoms with Crippen molar-refractivity contribution in [3.8, 4) is 11.5 Å². The zero-order valence-corrected chi connectivity index (χ0v) is 12.8. The lowest BCUT2D eigenvalue weighted by atomic mass is 9.87. The van der Waals surface area contributed by atoms with Crippen molar-refractivity contribution in [2.24, 2.45) is 0 Å². The van der Waals surface area contributed by atoms with Gasteiger partial charge in [-0.05, 0) is 37.3 Å². The lowest BCUT2D eigenvalue weighted by Gasteiger charge is -2.27. The number of hydrogen-bond donors (Lipinski definition) is 1. The Hall–Kier alpha value is -0.930. The highest BCUT2D eigenvalue weighted by Gasteiger charge is 2.26. The normalized spacial score (nSPS) is 22.4. The van der Waals surface area contributed by atoms with Gasteiger partial charge in [0.05, 0.1) is 13.2 Å². The molecule has 1 N–H and O–H groups in total. The molecular weight excluding hydrogens is 274 g/mol. The van der Waals surface area contributed by atoms with Crippen LogP contribution in [-0.2, 0) is 6.42 Å². The van der Waals surface area contributed by atoms with Crippen LogP contribution in [0.1, 0.15) is 43.2 Å². The third-order valence-electron chi connectivity index (χ3n) is 4.19. The minimum Gasteiger partial charge on any atom is -0.489 e. The second-order valence-electron chi connectivity index (χ2n) is 5.53. The summed E-state index contributed by atoms with van der Waals surface area (Å²) in [7, 11) is 0. The number of fused-ring (bicyclic) bond motifs is 1. The van der Waals surface area contributed by atoms with Gasteiger partial charge in [-0.2, -0.15) is 0 Å². The van der Waals surface area contributed by atoms with Crippen molar-refractivity contribution in [1.29, 1.82) is 0 Å². The first-order chi connectivity index (χ1) is 9.81. The summed E-state index contributed by atoms with van der Waals surface area (Å²) < 4.78 is 11.7. The lowest BCUT2D eigenvalue weighted by molar-refractivity contribution is 0.296.